The van der Waals surface area contributed by atoms with Crippen LogP contribution in [0, 0.1) is 6.92 Å². The molecule has 1 heterocycles. The van der Waals surface area contributed by atoms with Crippen molar-refractivity contribution in [3.05, 3.63) is 82.6 Å². The predicted octanol–water partition coefficient (Wildman–Crippen LogP) is 5.02. The van der Waals surface area contributed by atoms with Crippen molar-refractivity contribution in [2.24, 2.45) is 0 Å². The molecule has 0 unspecified atom stereocenters. The van der Waals surface area contributed by atoms with Gasteiger partial charge in [-0.05, 0) is 32.0 Å². The average Bonchev–Trinajstić information content (AvgIpc) is 3.09. The molecular weight excluding hydrogens is 406 g/mol. The second kappa shape index (κ2) is 10.3. The minimum absolute atomic E-state index is 0.0667. The number of nitrogens with zero attached hydrogens (tertiary/aromatic N) is 1. The van der Waals surface area contributed by atoms with Gasteiger partial charge in [0.1, 0.15) is 30.8 Å². The number of benzene rings is 2. The van der Waals surface area contributed by atoms with E-state index in [1.165, 1.54) is 0 Å². The molecule has 7 heteroatoms. The average molecular weight is 430 g/mol. The van der Waals surface area contributed by atoms with Gasteiger partial charge in [0.25, 0.3) is 0 Å². The minimum atomic E-state index is -0.303. The Kier molecular flexibility index (Phi) is 7.52. The molecule has 0 fully saturated rings. The first kappa shape index (κ1) is 21.9. The number of carbonyl (C=O) groups is 1. The highest BCUT2D eigenvalue weighted by atomic mass is 35.5. The van der Waals surface area contributed by atoms with Crippen molar-refractivity contribution >= 4 is 17.4 Å². The number of hydrogen-bond acceptors (Lipinski definition) is 5. The molecule has 0 amide bonds. The summed E-state index contributed by atoms with van der Waals surface area (Å²) in [6.45, 7) is 4.63. The molecule has 0 saturated carbocycles. The van der Waals surface area contributed by atoms with E-state index >= 15 is 0 Å². The molecule has 0 aliphatic heterocycles. The van der Waals surface area contributed by atoms with E-state index in [1.807, 2.05) is 43.3 Å². The molecule has 1 N–H and O–H groups in total. The molecule has 0 aliphatic carbocycles. The summed E-state index contributed by atoms with van der Waals surface area (Å²) in [5.41, 5.74) is 2.23. The lowest BCUT2D eigenvalue weighted by Crippen LogP contribution is -2.18. The van der Waals surface area contributed by atoms with E-state index in [1.54, 1.807) is 35.9 Å². The zero-order chi connectivity index (χ0) is 21.5. The number of carbonyl (C=O) groups excluding carboxylic acids is 1. The Morgan fingerprint density at radius 3 is 2.60 bits per heavy atom. The van der Waals surface area contributed by atoms with Gasteiger partial charge in [0.05, 0.1) is 17.3 Å². The van der Waals surface area contributed by atoms with Gasteiger partial charge in [-0.3, -0.25) is 10.1 Å². The van der Waals surface area contributed by atoms with Crippen LogP contribution in [0.25, 0.3) is 0 Å². The Morgan fingerprint density at radius 1 is 1.13 bits per heavy atom. The molecule has 158 valence electrons. The Bertz CT molecular complexity index is 984. The van der Waals surface area contributed by atoms with E-state index in [-0.39, 0.29) is 18.5 Å². The standard InChI is InChI=1S/C23H24ClNO5/c1-16-6-8-18(9-7-16)23(26)22-12-19(24)14-25(22)10-11-28-20-4-3-5-21(13-20)30-17(2)15-29-27/h3-9,12-14,17,27H,10-11,15H2,1-2H3/t17-/m0/s1. The molecule has 0 saturated heterocycles. The van der Waals surface area contributed by atoms with Crippen molar-refractivity contribution in [3.63, 3.8) is 0 Å². The van der Waals surface area contributed by atoms with E-state index in [2.05, 4.69) is 4.89 Å². The Balaban J connectivity index is 1.63. The van der Waals surface area contributed by atoms with Gasteiger partial charge in [0, 0.05) is 17.8 Å². The first-order valence-corrected chi connectivity index (χ1v) is 9.97. The summed E-state index contributed by atoms with van der Waals surface area (Å²) in [7, 11) is 0. The maximum absolute atomic E-state index is 12.9. The van der Waals surface area contributed by atoms with Crippen molar-refractivity contribution in [1.82, 2.24) is 4.57 Å². The largest absolute Gasteiger partial charge is 0.492 e. The van der Waals surface area contributed by atoms with E-state index in [0.717, 1.165) is 5.56 Å². The van der Waals surface area contributed by atoms with Crippen LogP contribution in [0.1, 0.15) is 28.5 Å². The van der Waals surface area contributed by atoms with Crippen molar-refractivity contribution < 1.29 is 24.4 Å². The third kappa shape index (κ3) is 5.86. The van der Waals surface area contributed by atoms with E-state index in [0.29, 0.717) is 40.9 Å². The van der Waals surface area contributed by atoms with Crippen molar-refractivity contribution in [2.45, 2.75) is 26.5 Å². The molecule has 0 aliphatic rings. The minimum Gasteiger partial charge on any atom is -0.492 e. The molecule has 0 spiro atoms. The summed E-state index contributed by atoms with van der Waals surface area (Å²) in [5.74, 6) is 1.16. The molecule has 1 aromatic heterocycles. The Morgan fingerprint density at radius 2 is 1.87 bits per heavy atom. The van der Waals surface area contributed by atoms with E-state index in [4.69, 9.17) is 26.3 Å². The van der Waals surface area contributed by atoms with E-state index in [9.17, 15) is 4.79 Å². The van der Waals surface area contributed by atoms with Gasteiger partial charge in [0.2, 0.25) is 5.78 Å². The van der Waals surface area contributed by atoms with Crippen molar-refractivity contribution in [2.75, 3.05) is 13.2 Å². The van der Waals surface area contributed by atoms with Crippen LogP contribution in [0.4, 0.5) is 0 Å². The molecule has 6 nitrogen and oxygen atoms in total. The lowest BCUT2D eigenvalue weighted by atomic mass is 10.1. The van der Waals surface area contributed by atoms with Gasteiger partial charge in [-0.25, -0.2) is 4.89 Å². The lowest BCUT2D eigenvalue weighted by Gasteiger charge is -2.14. The monoisotopic (exact) mass is 429 g/mol. The van der Waals surface area contributed by atoms with Crippen LogP contribution in [-0.4, -0.2) is 34.9 Å². The number of rotatable bonds is 10. The van der Waals surface area contributed by atoms with Gasteiger partial charge in [-0.1, -0.05) is 47.5 Å². The molecule has 2 aromatic carbocycles. The summed E-state index contributed by atoms with van der Waals surface area (Å²) >= 11 is 6.15. The fourth-order valence-electron chi connectivity index (χ4n) is 2.97. The highest BCUT2D eigenvalue weighted by Crippen LogP contribution is 2.22. The first-order valence-electron chi connectivity index (χ1n) is 9.59. The number of ether oxygens (including phenoxy) is 2. The highest BCUT2D eigenvalue weighted by Gasteiger charge is 2.15. The predicted molar refractivity (Wildman–Crippen MR) is 115 cm³/mol. The zero-order valence-corrected chi connectivity index (χ0v) is 17.6. The van der Waals surface area contributed by atoms with Gasteiger partial charge in [-0.15, -0.1) is 0 Å². The number of ketones is 1. The van der Waals surface area contributed by atoms with Crippen molar-refractivity contribution in [1.29, 1.82) is 0 Å². The summed E-state index contributed by atoms with van der Waals surface area (Å²) in [6.07, 6.45) is 1.42. The highest BCUT2D eigenvalue weighted by molar-refractivity contribution is 6.31. The number of aryl methyl sites for hydroxylation is 1. The second-order valence-electron chi connectivity index (χ2n) is 6.98. The fourth-order valence-corrected chi connectivity index (χ4v) is 3.19. The lowest BCUT2D eigenvalue weighted by molar-refractivity contribution is -0.253. The van der Waals surface area contributed by atoms with Crippen LogP contribution in [0.2, 0.25) is 5.02 Å². The maximum Gasteiger partial charge on any atom is 0.209 e. The van der Waals surface area contributed by atoms with Crippen LogP contribution in [-0.2, 0) is 11.4 Å². The van der Waals surface area contributed by atoms with Crippen LogP contribution >= 0.6 is 11.6 Å². The van der Waals surface area contributed by atoms with Gasteiger partial charge < -0.3 is 14.0 Å². The summed E-state index contributed by atoms with van der Waals surface area (Å²) in [5, 5.41) is 9.00. The second-order valence-corrected chi connectivity index (χ2v) is 7.42. The zero-order valence-electron chi connectivity index (χ0n) is 16.9. The molecule has 0 radical (unpaired) electrons. The van der Waals surface area contributed by atoms with Gasteiger partial charge >= 0.3 is 0 Å². The third-order valence-electron chi connectivity index (χ3n) is 4.46. The van der Waals surface area contributed by atoms with Crippen LogP contribution in [0.5, 0.6) is 11.5 Å². The summed E-state index contributed by atoms with van der Waals surface area (Å²) in [6, 6.07) is 16.3. The van der Waals surface area contributed by atoms with E-state index < -0.39 is 0 Å². The molecule has 0 bridgehead atoms. The van der Waals surface area contributed by atoms with Crippen LogP contribution in [0.3, 0.4) is 0 Å². The number of aromatic nitrogens is 1. The SMILES string of the molecule is Cc1ccc(C(=O)c2cc(Cl)cn2CCOc2cccc(O[C@@H](C)COO)c2)cc1. The number of hydrogen-bond donors (Lipinski definition) is 1. The molecule has 3 rings (SSSR count). The first-order chi connectivity index (χ1) is 14.5. The third-order valence-corrected chi connectivity index (χ3v) is 4.67. The topological polar surface area (TPSA) is 69.9 Å². The molecule has 30 heavy (non-hydrogen) atoms. The molecular formula is C23H24ClNO5. The smallest absolute Gasteiger partial charge is 0.209 e. The van der Waals surface area contributed by atoms with Crippen molar-refractivity contribution in [3.8, 4) is 11.5 Å². The Labute approximate surface area is 180 Å². The Hall–Kier alpha value is -2.80. The molecule has 1 atom stereocenters. The fraction of sp³-hybridized carbons (Fsp3) is 0.261. The van der Waals surface area contributed by atoms with Crippen LogP contribution in [0.15, 0.2) is 60.8 Å². The van der Waals surface area contributed by atoms with Gasteiger partial charge in [0.15, 0.2) is 0 Å². The maximum atomic E-state index is 12.9. The molecule has 3 aromatic rings. The number of halogens is 1. The van der Waals surface area contributed by atoms with Crippen LogP contribution < -0.4 is 9.47 Å². The normalized spacial score (nSPS) is 11.9. The quantitative estimate of drug-likeness (QED) is 0.278. The van der Waals surface area contributed by atoms with Gasteiger partial charge in [-0.2, -0.15) is 0 Å². The summed E-state index contributed by atoms with van der Waals surface area (Å²) in [4.78, 5) is 17.0. The summed E-state index contributed by atoms with van der Waals surface area (Å²) < 4.78 is 13.3.